The molecule has 126 valence electrons. The Hall–Kier alpha value is -1.89. The molecule has 1 aliphatic heterocycles. The van der Waals surface area contributed by atoms with Crippen LogP contribution in [0.4, 0.5) is 4.79 Å². The van der Waals surface area contributed by atoms with Crippen molar-refractivity contribution in [1.29, 1.82) is 0 Å². The highest BCUT2D eigenvalue weighted by molar-refractivity contribution is 5.77. The summed E-state index contributed by atoms with van der Waals surface area (Å²) in [5.41, 5.74) is 1.82. The molecule has 23 heavy (non-hydrogen) atoms. The zero-order valence-electron chi connectivity index (χ0n) is 13.6. The first-order valence-corrected chi connectivity index (χ1v) is 7.56. The molecule has 1 heterocycles. The number of ether oxygens (including phenoxy) is 2. The molecular weight excluding hydrogens is 296 g/mol. The van der Waals surface area contributed by atoms with Gasteiger partial charge in [-0.2, -0.15) is 0 Å². The maximum atomic E-state index is 12.2. The Balaban J connectivity index is 1.87. The van der Waals surface area contributed by atoms with Crippen LogP contribution < -0.4 is 5.32 Å². The van der Waals surface area contributed by atoms with E-state index in [9.17, 15) is 9.90 Å². The lowest BCUT2D eigenvalue weighted by Crippen LogP contribution is -2.60. The number of piperidine rings is 1. The fourth-order valence-electron chi connectivity index (χ4n) is 2.71. The SMILES string of the molecule is C=C(CNC(=O)N1CCC(OC)(OC)C(O)C1)c1ccccc1. The van der Waals surface area contributed by atoms with Crippen molar-refractivity contribution in [2.75, 3.05) is 33.9 Å². The molecular formula is C17H24N2O4. The van der Waals surface area contributed by atoms with E-state index < -0.39 is 11.9 Å². The second-order valence-corrected chi connectivity index (χ2v) is 5.56. The van der Waals surface area contributed by atoms with Crippen LogP contribution in [-0.4, -0.2) is 61.8 Å². The predicted octanol–water partition coefficient (Wildman–Crippen LogP) is 1.47. The van der Waals surface area contributed by atoms with Crippen LogP contribution in [0.3, 0.4) is 0 Å². The van der Waals surface area contributed by atoms with E-state index in [1.165, 1.54) is 14.2 Å². The highest BCUT2D eigenvalue weighted by atomic mass is 16.7. The molecule has 0 bridgehead atoms. The Bertz CT molecular complexity index is 543. The number of nitrogens with one attached hydrogen (secondary N) is 1. The van der Waals surface area contributed by atoms with Crippen LogP contribution in [-0.2, 0) is 9.47 Å². The lowest BCUT2D eigenvalue weighted by Gasteiger charge is -2.43. The molecule has 0 spiro atoms. The number of β-amino-alcohol motifs (C(OH)–C–C–N with tert-alkyl or cyclic N) is 1. The lowest BCUT2D eigenvalue weighted by molar-refractivity contribution is -0.275. The predicted molar refractivity (Wildman–Crippen MR) is 87.8 cm³/mol. The number of rotatable bonds is 5. The van der Waals surface area contributed by atoms with E-state index in [2.05, 4.69) is 11.9 Å². The Labute approximate surface area is 136 Å². The summed E-state index contributed by atoms with van der Waals surface area (Å²) in [7, 11) is 2.98. The second kappa shape index (κ2) is 7.59. The zero-order valence-corrected chi connectivity index (χ0v) is 13.6. The van der Waals surface area contributed by atoms with Gasteiger partial charge in [0.25, 0.3) is 0 Å². The Morgan fingerprint density at radius 1 is 1.39 bits per heavy atom. The van der Waals surface area contributed by atoms with Crippen LogP contribution in [0.15, 0.2) is 36.9 Å². The molecule has 1 atom stereocenters. The van der Waals surface area contributed by atoms with Gasteiger partial charge in [0, 0.05) is 33.7 Å². The monoisotopic (exact) mass is 320 g/mol. The van der Waals surface area contributed by atoms with E-state index in [-0.39, 0.29) is 12.6 Å². The summed E-state index contributed by atoms with van der Waals surface area (Å²) in [6, 6.07) is 9.45. The molecule has 0 aliphatic carbocycles. The molecule has 1 aromatic rings. The molecule has 1 aromatic carbocycles. The highest BCUT2D eigenvalue weighted by Crippen LogP contribution is 2.26. The van der Waals surface area contributed by atoms with Crippen LogP contribution in [0.25, 0.3) is 5.57 Å². The molecule has 2 rings (SSSR count). The van der Waals surface area contributed by atoms with Gasteiger partial charge in [-0.15, -0.1) is 0 Å². The number of hydrogen-bond acceptors (Lipinski definition) is 4. The minimum absolute atomic E-state index is 0.158. The smallest absolute Gasteiger partial charge is 0.317 e. The number of methoxy groups -OCH3 is 2. The van der Waals surface area contributed by atoms with Crippen LogP contribution in [0.2, 0.25) is 0 Å². The minimum Gasteiger partial charge on any atom is -0.386 e. The fourth-order valence-corrected chi connectivity index (χ4v) is 2.71. The maximum absolute atomic E-state index is 12.2. The number of benzene rings is 1. The first-order valence-electron chi connectivity index (χ1n) is 7.56. The van der Waals surface area contributed by atoms with E-state index in [0.717, 1.165) is 11.1 Å². The van der Waals surface area contributed by atoms with Gasteiger partial charge in [0.1, 0.15) is 6.10 Å². The first-order chi connectivity index (χ1) is 11.0. The number of hydrogen-bond donors (Lipinski definition) is 2. The highest BCUT2D eigenvalue weighted by Gasteiger charge is 2.44. The van der Waals surface area contributed by atoms with Gasteiger partial charge in [-0.25, -0.2) is 4.79 Å². The molecule has 2 N–H and O–H groups in total. The molecule has 1 aliphatic rings. The Kier molecular flexibility index (Phi) is 5.76. The summed E-state index contributed by atoms with van der Waals surface area (Å²) in [6.45, 7) is 4.95. The topological polar surface area (TPSA) is 71.0 Å². The third kappa shape index (κ3) is 3.90. The first kappa shape index (κ1) is 17.5. The number of amides is 2. The van der Waals surface area contributed by atoms with Crippen molar-refractivity contribution in [2.45, 2.75) is 18.3 Å². The summed E-state index contributed by atoms with van der Waals surface area (Å²) in [4.78, 5) is 13.8. The van der Waals surface area contributed by atoms with E-state index >= 15 is 0 Å². The number of aliphatic hydroxyl groups is 1. The molecule has 0 radical (unpaired) electrons. The summed E-state index contributed by atoms with van der Waals surface area (Å²) >= 11 is 0. The van der Waals surface area contributed by atoms with Crippen molar-refractivity contribution in [2.24, 2.45) is 0 Å². The molecule has 0 aromatic heterocycles. The van der Waals surface area contributed by atoms with E-state index in [1.54, 1.807) is 4.90 Å². The van der Waals surface area contributed by atoms with E-state index in [4.69, 9.17) is 9.47 Å². The molecule has 1 saturated heterocycles. The van der Waals surface area contributed by atoms with Crippen molar-refractivity contribution in [3.05, 3.63) is 42.5 Å². The summed E-state index contributed by atoms with van der Waals surface area (Å²) in [5, 5.41) is 13.0. The average molecular weight is 320 g/mol. The van der Waals surface area contributed by atoms with E-state index in [0.29, 0.717) is 19.5 Å². The molecule has 1 unspecified atom stereocenters. The largest absolute Gasteiger partial charge is 0.386 e. The third-order valence-electron chi connectivity index (χ3n) is 4.24. The summed E-state index contributed by atoms with van der Waals surface area (Å²) in [5.74, 6) is -1.04. The second-order valence-electron chi connectivity index (χ2n) is 5.56. The van der Waals surface area contributed by atoms with Gasteiger partial charge in [-0.1, -0.05) is 36.9 Å². The number of nitrogens with zero attached hydrogens (tertiary/aromatic N) is 1. The summed E-state index contributed by atoms with van der Waals surface area (Å²) < 4.78 is 10.6. The number of carbonyl (C=O) groups excluding carboxylic acids is 1. The average Bonchev–Trinajstić information content (AvgIpc) is 2.60. The number of aliphatic hydroxyl groups excluding tert-OH is 1. The van der Waals surface area contributed by atoms with E-state index in [1.807, 2.05) is 30.3 Å². The van der Waals surface area contributed by atoms with Crippen LogP contribution in [0.1, 0.15) is 12.0 Å². The maximum Gasteiger partial charge on any atom is 0.317 e. The van der Waals surface area contributed by atoms with Crippen molar-refractivity contribution >= 4 is 11.6 Å². The standard InChI is InChI=1S/C17H24N2O4/c1-13(14-7-5-4-6-8-14)11-18-16(21)19-10-9-17(22-2,23-3)15(20)12-19/h4-8,15,20H,1,9-12H2,2-3H3,(H,18,21). The van der Waals surface area contributed by atoms with Crippen molar-refractivity contribution in [3.8, 4) is 0 Å². The zero-order chi connectivity index (χ0) is 16.9. The van der Waals surface area contributed by atoms with Gasteiger partial charge >= 0.3 is 6.03 Å². The molecule has 0 saturated carbocycles. The Morgan fingerprint density at radius 2 is 2.04 bits per heavy atom. The quantitative estimate of drug-likeness (QED) is 0.806. The van der Waals surface area contributed by atoms with Gasteiger partial charge in [0.05, 0.1) is 6.54 Å². The van der Waals surface area contributed by atoms with Gasteiger partial charge in [0.2, 0.25) is 0 Å². The van der Waals surface area contributed by atoms with Gasteiger partial charge < -0.3 is 24.8 Å². The van der Waals surface area contributed by atoms with Crippen molar-refractivity contribution in [1.82, 2.24) is 10.2 Å². The normalized spacial score (nSPS) is 20.1. The fraction of sp³-hybridized carbons (Fsp3) is 0.471. The van der Waals surface area contributed by atoms with Crippen LogP contribution in [0.5, 0.6) is 0 Å². The number of likely N-dealkylation sites (tertiary alicyclic amines) is 1. The summed E-state index contributed by atoms with van der Waals surface area (Å²) in [6.07, 6.45) is -0.483. The van der Waals surface area contributed by atoms with Crippen LogP contribution in [0, 0.1) is 0 Å². The van der Waals surface area contributed by atoms with Crippen LogP contribution >= 0.6 is 0 Å². The van der Waals surface area contributed by atoms with Crippen molar-refractivity contribution in [3.63, 3.8) is 0 Å². The number of carbonyl (C=O) groups is 1. The molecule has 1 fully saturated rings. The lowest BCUT2D eigenvalue weighted by atomic mass is 10.0. The van der Waals surface area contributed by atoms with Gasteiger partial charge in [-0.05, 0) is 11.1 Å². The molecule has 2 amide bonds. The van der Waals surface area contributed by atoms with Gasteiger partial charge in [0.15, 0.2) is 5.79 Å². The third-order valence-corrected chi connectivity index (χ3v) is 4.24. The van der Waals surface area contributed by atoms with Gasteiger partial charge in [-0.3, -0.25) is 0 Å². The molecule has 6 heteroatoms. The number of urea groups is 1. The molecule has 6 nitrogen and oxygen atoms in total. The van der Waals surface area contributed by atoms with Crippen molar-refractivity contribution < 1.29 is 19.4 Å². The Morgan fingerprint density at radius 3 is 2.61 bits per heavy atom. The minimum atomic E-state index is -1.04.